The molecule has 0 aromatic carbocycles. The van der Waals surface area contributed by atoms with Gasteiger partial charge in [-0.3, -0.25) is 4.79 Å². The average molecular weight is 729 g/mol. The molecule has 0 unspecified atom stereocenters. The van der Waals surface area contributed by atoms with Gasteiger partial charge in [0.1, 0.15) is 12.2 Å². The minimum Gasteiger partial charge on any atom is -0.462 e. The molecule has 9 nitrogen and oxygen atoms in total. The van der Waals surface area contributed by atoms with Gasteiger partial charge in [-0.05, 0) is 85.5 Å². The van der Waals surface area contributed by atoms with Crippen molar-refractivity contribution in [2.45, 2.75) is 156 Å². The zero-order chi connectivity index (χ0) is 39.4. The summed E-state index contributed by atoms with van der Waals surface area (Å²) in [7, 11) is 0. The standard InChI is InChI=1S/C43H68O9/c1-28(14-12-15-29(2)25-38(47)39(48)27-36(9)45)22-30(3)20-21-43(50)51-40-18-13-19-42(49)52-41(17-11-10-16-32(40)5)34(7)24-31(4)23-33(6)37(46)26-35(8)44/h10-12,14-15,20-23,25,32-41,44-48H,13,16-19,24,26-27H2,1-9H3/b11-10-,15-12+,21-20+,28-14+,29-25+,30-22+,31-23+/t32-,33+,34-,35+,36+,37+,38+,39+,40-,41+/m0/s1. The van der Waals surface area contributed by atoms with E-state index in [0.29, 0.717) is 25.7 Å². The number of aliphatic hydroxyl groups excluding tert-OH is 5. The molecule has 0 radical (unpaired) electrons. The van der Waals surface area contributed by atoms with Crippen molar-refractivity contribution >= 4 is 11.9 Å². The van der Waals surface area contributed by atoms with Crippen molar-refractivity contribution in [1.82, 2.24) is 0 Å². The molecule has 10 atom stereocenters. The van der Waals surface area contributed by atoms with Crippen molar-refractivity contribution in [3.63, 3.8) is 0 Å². The van der Waals surface area contributed by atoms with E-state index in [2.05, 4.69) is 19.9 Å². The number of hydrogen-bond acceptors (Lipinski definition) is 9. The summed E-state index contributed by atoms with van der Waals surface area (Å²) in [6.07, 6.45) is 17.5. The third-order valence-electron chi connectivity index (χ3n) is 9.18. The first-order valence-corrected chi connectivity index (χ1v) is 18.9. The normalized spacial score (nSPS) is 25.3. The van der Waals surface area contributed by atoms with Crippen molar-refractivity contribution in [3.05, 3.63) is 83.1 Å². The molecule has 1 rings (SSSR count). The van der Waals surface area contributed by atoms with E-state index in [1.165, 1.54) is 6.08 Å². The first kappa shape index (κ1) is 46.9. The van der Waals surface area contributed by atoms with Crippen molar-refractivity contribution in [3.8, 4) is 0 Å². The highest BCUT2D eigenvalue weighted by Gasteiger charge is 2.25. The monoisotopic (exact) mass is 728 g/mol. The fourth-order valence-corrected chi connectivity index (χ4v) is 6.18. The Hall–Kier alpha value is -3.08. The molecule has 5 N–H and O–H groups in total. The fourth-order valence-electron chi connectivity index (χ4n) is 6.18. The highest BCUT2D eigenvalue weighted by Crippen LogP contribution is 2.26. The van der Waals surface area contributed by atoms with Crippen molar-refractivity contribution in [1.29, 1.82) is 0 Å². The third-order valence-corrected chi connectivity index (χ3v) is 9.18. The molecule has 1 heterocycles. The Morgan fingerprint density at radius 2 is 1.50 bits per heavy atom. The molecule has 0 aromatic heterocycles. The van der Waals surface area contributed by atoms with Gasteiger partial charge in [-0.25, -0.2) is 4.79 Å². The van der Waals surface area contributed by atoms with Crippen molar-refractivity contribution in [2.24, 2.45) is 17.8 Å². The summed E-state index contributed by atoms with van der Waals surface area (Å²) in [6, 6.07) is 0. The summed E-state index contributed by atoms with van der Waals surface area (Å²) < 4.78 is 11.8. The molecule has 52 heavy (non-hydrogen) atoms. The van der Waals surface area contributed by atoms with Gasteiger partial charge in [0.2, 0.25) is 0 Å². The van der Waals surface area contributed by atoms with Crippen LogP contribution in [0.2, 0.25) is 0 Å². The number of aliphatic hydroxyl groups is 5. The van der Waals surface area contributed by atoms with Crippen molar-refractivity contribution in [2.75, 3.05) is 0 Å². The fraction of sp³-hybridized carbons (Fsp3) is 0.628. The van der Waals surface area contributed by atoms with E-state index in [-0.39, 0.29) is 48.8 Å². The first-order chi connectivity index (χ1) is 24.4. The predicted molar refractivity (Wildman–Crippen MR) is 208 cm³/mol. The molecule has 0 fully saturated rings. The van der Waals surface area contributed by atoms with E-state index in [1.54, 1.807) is 26.0 Å². The number of esters is 2. The number of hydrogen-bond donors (Lipinski definition) is 5. The summed E-state index contributed by atoms with van der Waals surface area (Å²) in [5, 5.41) is 49.4. The number of carbonyl (C=O) groups excluding carboxylic acids is 2. The van der Waals surface area contributed by atoms with Crippen LogP contribution < -0.4 is 0 Å². The first-order valence-electron chi connectivity index (χ1n) is 18.9. The van der Waals surface area contributed by atoms with Gasteiger partial charge in [-0.2, -0.15) is 0 Å². The number of carbonyl (C=O) groups is 2. The quantitative estimate of drug-likeness (QED) is 0.0455. The van der Waals surface area contributed by atoms with Crippen LogP contribution in [-0.4, -0.2) is 80.2 Å². The van der Waals surface area contributed by atoms with Crippen LogP contribution in [0, 0.1) is 17.8 Å². The second kappa shape index (κ2) is 25.0. The minimum atomic E-state index is -1.07. The number of allylic oxidation sites excluding steroid dienone is 10. The Kier molecular flexibility index (Phi) is 22.6. The van der Waals surface area contributed by atoms with Crippen LogP contribution in [0.15, 0.2) is 83.1 Å². The molecule has 0 bridgehead atoms. The van der Waals surface area contributed by atoms with Gasteiger partial charge < -0.3 is 35.0 Å². The van der Waals surface area contributed by atoms with Crippen LogP contribution in [0.25, 0.3) is 0 Å². The maximum atomic E-state index is 12.9. The second-order valence-electron chi connectivity index (χ2n) is 15.1. The zero-order valence-electron chi connectivity index (χ0n) is 33.1. The Balaban J connectivity index is 2.79. The Bertz CT molecular complexity index is 1300. The van der Waals surface area contributed by atoms with Crippen molar-refractivity contribution < 1.29 is 44.6 Å². The van der Waals surface area contributed by atoms with Crippen LogP contribution in [0.3, 0.4) is 0 Å². The number of ether oxygens (including phenoxy) is 2. The lowest BCUT2D eigenvalue weighted by atomic mass is 9.90. The van der Waals surface area contributed by atoms with E-state index in [0.717, 1.165) is 35.1 Å². The van der Waals surface area contributed by atoms with Gasteiger partial charge in [0.15, 0.2) is 0 Å². The van der Waals surface area contributed by atoms with Crippen LogP contribution in [0.5, 0.6) is 0 Å². The summed E-state index contributed by atoms with van der Waals surface area (Å²) in [5.74, 6) is -0.652. The molecule has 0 amide bonds. The third kappa shape index (κ3) is 20.8. The molecule has 1 aliphatic rings. The number of rotatable bonds is 17. The van der Waals surface area contributed by atoms with Gasteiger partial charge in [0, 0.05) is 31.3 Å². The largest absolute Gasteiger partial charge is 0.462 e. The molecule has 294 valence electrons. The van der Waals surface area contributed by atoms with Crippen LogP contribution in [-0.2, 0) is 19.1 Å². The molecular formula is C43H68O9. The van der Waals surface area contributed by atoms with E-state index < -0.39 is 36.5 Å². The Morgan fingerprint density at radius 3 is 2.15 bits per heavy atom. The van der Waals surface area contributed by atoms with E-state index >= 15 is 0 Å². The van der Waals surface area contributed by atoms with Gasteiger partial charge in [0.05, 0.1) is 30.5 Å². The minimum absolute atomic E-state index is 0.0633. The van der Waals surface area contributed by atoms with Gasteiger partial charge >= 0.3 is 11.9 Å². The summed E-state index contributed by atoms with van der Waals surface area (Å²) in [6.45, 7) is 17.0. The summed E-state index contributed by atoms with van der Waals surface area (Å²) in [4.78, 5) is 25.7. The van der Waals surface area contributed by atoms with Crippen LogP contribution in [0.1, 0.15) is 114 Å². The Labute approximate surface area is 313 Å². The zero-order valence-corrected chi connectivity index (χ0v) is 33.1. The summed E-state index contributed by atoms with van der Waals surface area (Å²) >= 11 is 0. The molecule has 0 spiro atoms. The van der Waals surface area contributed by atoms with Crippen LogP contribution >= 0.6 is 0 Å². The molecule has 0 aromatic rings. The maximum absolute atomic E-state index is 12.9. The predicted octanol–water partition coefficient (Wildman–Crippen LogP) is 7.15. The van der Waals surface area contributed by atoms with E-state index in [1.807, 2.05) is 71.1 Å². The highest BCUT2D eigenvalue weighted by atomic mass is 16.5. The molecule has 0 saturated carbocycles. The molecule has 1 aliphatic heterocycles. The average Bonchev–Trinajstić information content (AvgIpc) is 3.03. The SMILES string of the molecule is CC(=C\C=C\C(C)=C\[C@@H](O)[C@H](O)C[C@@H](C)O)/C=C(C)/C=C/C(=O)O[C@H]1CCCC(=O)O[C@@H]([C@@H](C)C/C(C)=C/[C@@H](C)[C@H](O)C[C@@H](C)O)C/C=C\C[C@@H]1C. The smallest absolute Gasteiger partial charge is 0.331 e. The lowest BCUT2D eigenvalue weighted by Gasteiger charge is -2.26. The molecule has 0 saturated heterocycles. The Morgan fingerprint density at radius 1 is 0.865 bits per heavy atom. The molecule has 9 heteroatoms. The van der Waals surface area contributed by atoms with Gasteiger partial charge in [0.25, 0.3) is 0 Å². The number of cyclic esters (lactones) is 1. The van der Waals surface area contributed by atoms with Crippen LogP contribution in [0.4, 0.5) is 0 Å². The topological polar surface area (TPSA) is 154 Å². The highest BCUT2D eigenvalue weighted by molar-refractivity contribution is 5.82. The summed E-state index contributed by atoms with van der Waals surface area (Å²) in [5.41, 5.74) is 3.68. The molecular weight excluding hydrogens is 660 g/mol. The van der Waals surface area contributed by atoms with E-state index in [4.69, 9.17) is 9.47 Å². The van der Waals surface area contributed by atoms with Gasteiger partial charge in [-0.15, -0.1) is 0 Å². The maximum Gasteiger partial charge on any atom is 0.331 e. The van der Waals surface area contributed by atoms with Gasteiger partial charge in [-0.1, -0.05) is 97.7 Å². The lowest BCUT2D eigenvalue weighted by molar-refractivity contribution is -0.151. The second-order valence-corrected chi connectivity index (χ2v) is 15.1. The molecule has 0 aliphatic carbocycles. The lowest BCUT2D eigenvalue weighted by Crippen LogP contribution is -2.27. The van der Waals surface area contributed by atoms with E-state index in [9.17, 15) is 35.1 Å².